The molecule has 41 heavy (non-hydrogen) atoms. The van der Waals surface area contributed by atoms with E-state index in [4.69, 9.17) is 9.57 Å². The Morgan fingerprint density at radius 1 is 1.10 bits per heavy atom. The molecule has 2 atom stereocenters. The number of ether oxygens (including phenoxy) is 1. The third-order valence-corrected chi connectivity index (χ3v) is 7.77. The minimum absolute atomic E-state index is 0.191. The standard InChI is InChI=1S/C26H32N4O10S/c1-26(2,3)40-25(32)27-16-23(20(13-14-28(33)34)15-21(27)17-31)30(39-18-19-9-5-4-6-10-19)41(37,38)24-12-8-7-11-22(24)29(35)36/h4-12,15,21,23,31H,13-14,16-18H2,1-3H3/t21-,23+/m1/s1. The fourth-order valence-electron chi connectivity index (χ4n) is 4.20. The monoisotopic (exact) mass is 592 g/mol. The highest BCUT2D eigenvalue weighted by molar-refractivity contribution is 7.89. The lowest BCUT2D eigenvalue weighted by atomic mass is 9.96. The highest BCUT2D eigenvalue weighted by Crippen LogP contribution is 2.33. The average Bonchev–Trinajstić information content (AvgIpc) is 2.91. The number of carbonyl (C=O) groups excluding carboxylic acids is 1. The summed E-state index contributed by atoms with van der Waals surface area (Å²) < 4.78 is 34.2. The van der Waals surface area contributed by atoms with Crippen molar-refractivity contribution in [1.29, 1.82) is 0 Å². The number of hydrogen-bond acceptors (Lipinski definition) is 10. The van der Waals surface area contributed by atoms with Crippen molar-refractivity contribution in [1.82, 2.24) is 9.37 Å². The second kappa shape index (κ2) is 13.2. The van der Waals surface area contributed by atoms with Gasteiger partial charge < -0.3 is 9.84 Å². The minimum atomic E-state index is -4.81. The molecule has 0 aliphatic carbocycles. The zero-order chi connectivity index (χ0) is 30.4. The second-order valence-corrected chi connectivity index (χ2v) is 11.9. The summed E-state index contributed by atoms with van der Waals surface area (Å²) >= 11 is 0. The molecule has 0 saturated carbocycles. The summed E-state index contributed by atoms with van der Waals surface area (Å²) in [5.74, 6) is 0. The molecule has 0 saturated heterocycles. The first kappa shape index (κ1) is 31.6. The molecule has 3 rings (SSSR count). The van der Waals surface area contributed by atoms with Crippen LogP contribution in [0.2, 0.25) is 0 Å². The number of benzene rings is 2. The van der Waals surface area contributed by atoms with Crippen LogP contribution >= 0.6 is 0 Å². The number of amides is 1. The molecule has 0 aromatic heterocycles. The van der Waals surface area contributed by atoms with Crippen LogP contribution in [0.15, 0.2) is 71.1 Å². The molecule has 2 aromatic carbocycles. The van der Waals surface area contributed by atoms with Crippen molar-refractivity contribution in [3.8, 4) is 0 Å². The van der Waals surface area contributed by atoms with Crippen LogP contribution in [0, 0.1) is 20.2 Å². The van der Waals surface area contributed by atoms with E-state index in [1.165, 1.54) is 18.2 Å². The predicted octanol–water partition coefficient (Wildman–Crippen LogP) is 3.29. The van der Waals surface area contributed by atoms with E-state index in [0.29, 0.717) is 10.0 Å². The number of rotatable bonds is 11. The summed E-state index contributed by atoms with van der Waals surface area (Å²) in [7, 11) is -4.81. The number of hydrogen-bond donors (Lipinski definition) is 1. The Balaban J connectivity index is 2.16. The largest absolute Gasteiger partial charge is 0.444 e. The fraction of sp³-hybridized carbons (Fsp3) is 0.423. The van der Waals surface area contributed by atoms with Crippen molar-refractivity contribution in [3.05, 3.63) is 92.0 Å². The summed E-state index contributed by atoms with van der Waals surface area (Å²) in [5, 5.41) is 33.0. The molecule has 0 spiro atoms. The molecule has 0 unspecified atom stereocenters. The topological polar surface area (TPSA) is 183 Å². The maximum absolute atomic E-state index is 14.1. The van der Waals surface area contributed by atoms with Crippen LogP contribution < -0.4 is 0 Å². The van der Waals surface area contributed by atoms with Gasteiger partial charge in [-0.1, -0.05) is 53.0 Å². The lowest BCUT2D eigenvalue weighted by Crippen LogP contribution is -2.56. The molecule has 1 N–H and O–H groups in total. The Hall–Kier alpha value is -3.92. The van der Waals surface area contributed by atoms with E-state index in [0.717, 1.165) is 17.0 Å². The molecule has 0 radical (unpaired) electrons. The first-order valence-electron chi connectivity index (χ1n) is 12.6. The Kier molecular flexibility index (Phi) is 10.1. The third-order valence-electron chi connectivity index (χ3n) is 6.04. The number of sulfonamides is 1. The number of hydroxylamine groups is 1. The number of carbonyl (C=O) groups is 1. The Labute approximate surface area is 237 Å². The summed E-state index contributed by atoms with van der Waals surface area (Å²) in [5.41, 5.74) is -0.873. The lowest BCUT2D eigenvalue weighted by molar-refractivity contribution is -0.479. The van der Waals surface area contributed by atoms with Gasteiger partial charge in [-0.25, -0.2) is 13.2 Å². The quantitative estimate of drug-likeness (QED) is 0.231. The number of para-hydroxylation sites is 1. The van der Waals surface area contributed by atoms with E-state index in [9.17, 15) is 38.5 Å². The molecule has 1 heterocycles. The van der Waals surface area contributed by atoms with E-state index in [1.54, 1.807) is 51.1 Å². The molecule has 1 amide bonds. The highest BCUT2D eigenvalue weighted by Gasteiger charge is 2.44. The highest BCUT2D eigenvalue weighted by atomic mass is 32.2. The number of nitro benzene ring substituents is 1. The van der Waals surface area contributed by atoms with Crippen LogP contribution in [0.4, 0.5) is 10.5 Å². The Morgan fingerprint density at radius 2 is 1.73 bits per heavy atom. The lowest BCUT2D eigenvalue weighted by Gasteiger charge is -2.41. The van der Waals surface area contributed by atoms with Gasteiger partial charge in [-0.3, -0.25) is 30.0 Å². The van der Waals surface area contributed by atoms with E-state index in [2.05, 4.69) is 0 Å². The zero-order valence-corrected chi connectivity index (χ0v) is 23.6. The van der Waals surface area contributed by atoms with Crippen LogP contribution in [-0.2, 0) is 26.2 Å². The van der Waals surface area contributed by atoms with Crippen LogP contribution in [0.25, 0.3) is 0 Å². The van der Waals surface area contributed by atoms with Crippen molar-refractivity contribution in [2.45, 2.75) is 56.4 Å². The molecule has 222 valence electrons. The number of aliphatic hydroxyl groups excluding tert-OH is 1. The molecule has 14 nitrogen and oxygen atoms in total. The Morgan fingerprint density at radius 3 is 2.32 bits per heavy atom. The molecule has 0 bridgehead atoms. The molecular weight excluding hydrogens is 560 g/mol. The van der Waals surface area contributed by atoms with E-state index in [1.807, 2.05) is 0 Å². The average molecular weight is 593 g/mol. The minimum Gasteiger partial charge on any atom is -0.444 e. The van der Waals surface area contributed by atoms with Gasteiger partial charge in [-0.05, 0) is 38.0 Å². The van der Waals surface area contributed by atoms with Gasteiger partial charge in [-0.2, -0.15) is 0 Å². The number of nitrogens with zero attached hydrogens (tertiary/aromatic N) is 4. The number of nitro groups is 2. The molecular formula is C26H32N4O10S. The van der Waals surface area contributed by atoms with E-state index in [-0.39, 0.29) is 18.6 Å². The van der Waals surface area contributed by atoms with Crippen molar-refractivity contribution >= 4 is 21.8 Å². The normalized spacial score (nSPS) is 17.7. The first-order chi connectivity index (χ1) is 19.2. The van der Waals surface area contributed by atoms with Crippen LogP contribution in [0.1, 0.15) is 32.8 Å². The van der Waals surface area contributed by atoms with Crippen LogP contribution in [0.5, 0.6) is 0 Å². The van der Waals surface area contributed by atoms with Crippen LogP contribution in [0.3, 0.4) is 0 Å². The van der Waals surface area contributed by atoms with Gasteiger partial charge in [0.25, 0.3) is 15.7 Å². The van der Waals surface area contributed by atoms with Gasteiger partial charge in [0.1, 0.15) is 5.60 Å². The molecule has 2 aromatic rings. The van der Waals surface area contributed by atoms with Crippen molar-refractivity contribution in [2.75, 3.05) is 19.7 Å². The third kappa shape index (κ3) is 8.07. The predicted molar refractivity (Wildman–Crippen MR) is 146 cm³/mol. The maximum atomic E-state index is 14.1. The summed E-state index contributed by atoms with van der Waals surface area (Å²) in [6.45, 7) is 3.04. The Bertz CT molecular complexity index is 1390. The van der Waals surface area contributed by atoms with Gasteiger partial charge in [0.2, 0.25) is 6.54 Å². The summed E-state index contributed by atoms with van der Waals surface area (Å²) in [4.78, 5) is 40.9. The zero-order valence-electron chi connectivity index (χ0n) is 22.8. The summed E-state index contributed by atoms with van der Waals surface area (Å²) in [6, 6.07) is 10.9. The molecule has 0 fully saturated rings. The van der Waals surface area contributed by atoms with Gasteiger partial charge >= 0.3 is 6.09 Å². The number of aliphatic hydroxyl groups is 1. The smallest absolute Gasteiger partial charge is 0.410 e. The van der Waals surface area contributed by atoms with Gasteiger partial charge in [0.05, 0.1) is 30.2 Å². The fourth-order valence-corrected chi connectivity index (χ4v) is 5.78. The first-order valence-corrected chi connectivity index (χ1v) is 14.1. The summed E-state index contributed by atoms with van der Waals surface area (Å²) in [6.07, 6.45) is 0.265. The van der Waals surface area contributed by atoms with Crippen molar-refractivity contribution in [2.24, 2.45) is 0 Å². The van der Waals surface area contributed by atoms with Crippen molar-refractivity contribution in [3.63, 3.8) is 0 Å². The molecule has 15 heteroatoms. The van der Waals surface area contributed by atoms with E-state index < -0.39 is 73.9 Å². The maximum Gasteiger partial charge on any atom is 0.410 e. The van der Waals surface area contributed by atoms with E-state index >= 15 is 0 Å². The molecule has 1 aliphatic heterocycles. The molecule has 1 aliphatic rings. The van der Waals surface area contributed by atoms with Gasteiger partial charge in [0, 0.05) is 24.0 Å². The second-order valence-electron chi connectivity index (χ2n) is 10.2. The van der Waals surface area contributed by atoms with Gasteiger partial charge in [0.15, 0.2) is 4.90 Å². The van der Waals surface area contributed by atoms with Crippen LogP contribution in [-0.4, -0.2) is 76.2 Å². The van der Waals surface area contributed by atoms with Gasteiger partial charge in [-0.15, -0.1) is 0 Å². The SMILES string of the molecule is CC(C)(C)OC(=O)N1C[C@H](N(OCc2ccccc2)S(=O)(=O)c2ccccc2[N+](=O)[O-])C(CC[N+](=O)[O-])=C[C@@H]1CO. The van der Waals surface area contributed by atoms with Crippen molar-refractivity contribution < 1.29 is 37.7 Å².